The molecule has 0 saturated carbocycles. The summed E-state index contributed by atoms with van der Waals surface area (Å²) in [5, 5.41) is 51.3. The van der Waals surface area contributed by atoms with E-state index in [1.54, 1.807) is 36.5 Å². The molecule has 5 N–H and O–H groups in total. The zero-order valence-corrected chi connectivity index (χ0v) is 25.0. The molecule has 2 amide bonds. The lowest BCUT2D eigenvalue weighted by atomic mass is 9.66. The Morgan fingerprint density at radius 1 is 1.09 bits per heavy atom. The molecule has 1 aromatic heterocycles. The number of aliphatic hydroxyl groups is 2. The summed E-state index contributed by atoms with van der Waals surface area (Å²) in [6.07, 6.45) is 3.07. The van der Waals surface area contributed by atoms with Gasteiger partial charge >= 0.3 is 7.12 Å². The SMILES string of the molecule is CC(C)C1=C([C@H](O)CC/C(=C/c2ccc(O)c(F)c2)c2ccccn2)[C@H](CO)[C@@H]2C(=O)N(c3cccc(B(O)O)c3)C(=O)[C@@H]2C1. The zero-order valence-electron chi connectivity index (χ0n) is 25.0. The van der Waals surface area contributed by atoms with Crippen molar-refractivity contribution >= 4 is 41.7 Å². The van der Waals surface area contributed by atoms with Gasteiger partial charge in [0.05, 0.1) is 35.9 Å². The van der Waals surface area contributed by atoms with Crippen molar-refractivity contribution in [2.75, 3.05) is 11.5 Å². The van der Waals surface area contributed by atoms with Crippen LogP contribution in [0.3, 0.4) is 0 Å². The number of nitrogens with zero attached hydrogens (tertiary/aromatic N) is 2. The van der Waals surface area contributed by atoms with Gasteiger partial charge in [-0.15, -0.1) is 0 Å². The average molecular weight is 614 g/mol. The second-order valence-electron chi connectivity index (χ2n) is 11.9. The van der Waals surface area contributed by atoms with Crippen molar-refractivity contribution in [3.8, 4) is 5.75 Å². The van der Waals surface area contributed by atoms with E-state index in [1.807, 2.05) is 19.9 Å². The van der Waals surface area contributed by atoms with Crippen molar-refractivity contribution in [1.82, 2.24) is 4.98 Å². The fourth-order valence-corrected chi connectivity index (χ4v) is 6.61. The predicted octanol–water partition coefficient (Wildman–Crippen LogP) is 3.06. The van der Waals surface area contributed by atoms with Crippen molar-refractivity contribution in [3.63, 3.8) is 0 Å². The van der Waals surface area contributed by atoms with Gasteiger partial charge < -0.3 is 25.4 Å². The van der Waals surface area contributed by atoms with Crippen molar-refractivity contribution in [2.45, 2.75) is 39.2 Å². The van der Waals surface area contributed by atoms with Crippen molar-refractivity contribution < 1.29 is 39.3 Å². The highest BCUT2D eigenvalue weighted by atomic mass is 19.1. The van der Waals surface area contributed by atoms with Gasteiger partial charge in [-0.3, -0.25) is 19.5 Å². The van der Waals surface area contributed by atoms with Crippen LogP contribution in [0, 0.1) is 29.5 Å². The molecule has 3 aromatic rings. The highest BCUT2D eigenvalue weighted by Crippen LogP contribution is 2.49. The number of rotatable bonds is 10. The molecular weight excluding hydrogens is 578 g/mol. The molecule has 0 unspecified atom stereocenters. The molecule has 1 aliphatic carbocycles. The van der Waals surface area contributed by atoms with E-state index in [-0.39, 0.29) is 29.9 Å². The molecule has 2 aromatic carbocycles. The van der Waals surface area contributed by atoms with E-state index in [4.69, 9.17) is 0 Å². The van der Waals surface area contributed by atoms with E-state index in [2.05, 4.69) is 4.98 Å². The number of phenolic OH excluding ortho intramolecular Hbond substituents is 1. The Kier molecular flexibility index (Phi) is 9.64. The highest BCUT2D eigenvalue weighted by Gasteiger charge is 2.55. The number of halogens is 1. The number of hydrogen-bond donors (Lipinski definition) is 5. The van der Waals surface area contributed by atoms with Gasteiger partial charge in [0.25, 0.3) is 0 Å². The fourth-order valence-electron chi connectivity index (χ4n) is 6.61. The summed E-state index contributed by atoms with van der Waals surface area (Å²) in [5.74, 6) is -4.69. The van der Waals surface area contributed by atoms with E-state index >= 15 is 0 Å². The first-order chi connectivity index (χ1) is 21.5. The largest absolute Gasteiger partial charge is 0.505 e. The Hall–Kier alpha value is -4.16. The van der Waals surface area contributed by atoms with E-state index in [0.717, 1.165) is 10.5 Å². The summed E-state index contributed by atoms with van der Waals surface area (Å²) in [6, 6.07) is 15.4. The van der Waals surface area contributed by atoms with Crippen molar-refractivity contribution in [2.24, 2.45) is 23.7 Å². The summed E-state index contributed by atoms with van der Waals surface area (Å²) in [7, 11) is -1.78. The van der Waals surface area contributed by atoms with Gasteiger partial charge in [-0.05, 0) is 89.8 Å². The second kappa shape index (κ2) is 13.5. The van der Waals surface area contributed by atoms with Gasteiger partial charge in [0, 0.05) is 12.1 Å². The molecular formula is C34H36BFN2O7. The van der Waals surface area contributed by atoms with Crippen LogP contribution in [-0.2, 0) is 9.59 Å². The third-order valence-corrected chi connectivity index (χ3v) is 8.79. The molecule has 5 rings (SSSR count). The molecule has 9 nitrogen and oxygen atoms in total. The molecule has 45 heavy (non-hydrogen) atoms. The number of anilines is 1. The van der Waals surface area contributed by atoms with Gasteiger partial charge in [0.15, 0.2) is 11.6 Å². The lowest BCUT2D eigenvalue weighted by molar-refractivity contribution is -0.123. The number of aromatic hydroxyl groups is 1. The smallest absolute Gasteiger partial charge is 0.488 e. The van der Waals surface area contributed by atoms with Gasteiger partial charge in [0.1, 0.15) is 0 Å². The van der Waals surface area contributed by atoms with Crippen LogP contribution in [0.4, 0.5) is 10.1 Å². The quantitative estimate of drug-likeness (QED) is 0.133. The summed E-state index contributed by atoms with van der Waals surface area (Å²) in [4.78, 5) is 33.0. The predicted molar refractivity (Wildman–Crippen MR) is 168 cm³/mol. The van der Waals surface area contributed by atoms with Crippen LogP contribution >= 0.6 is 0 Å². The Bertz CT molecular complexity index is 1640. The highest BCUT2D eigenvalue weighted by molar-refractivity contribution is 6.58. The minimum absolute atomic E-state index is 0.0831. The lowest BCUT2D eigenvalue weighted by Crippen LogP contribution is -2.40. The number of aromatic nitrogens is 1. The maximum absolute atomic E-state index is 14.1. The standard InChI is InChI=1S/C34H36BFN2O7/c1-19(2)24-17-25-32(34(43)38(33(25)42)23-7-5-6-22(16-23)35(44)45)26(18-39)31(24)30(41)12-10-21(28-8-3-4-13-37-28)14-20-9-11-29(40)27(36)15-20/h3-9,11,13-16,19,25-26,30,32,39-41,44-45H,10,12,17-18H2,1-2H3/b21-14-/t25-,26+,30-,32-/m1/s1. The molecule has 1 saturated heterocycles. The normalized spacial score (nSPS) is 21.0. The number of phenols is 1. The first-order valence-electron chi connectivity index (χ1n) is 15.0. The first kappa shape index (κ1) is 32.2. The number of amides is 2. The van der Waals surface area contributed by atoms with Crippen molar-refractivity contribution in [1.29, 1.82) is 0 Å². The van der Waals surface area contributed by atoms with E-state index in [0.29, 0.717) is 28.8 Å². The summed E-state index contributed by atoms with van der Waals surface area (Å²) in [5.41, 5.74) is 3.55. The molecule has 1 fully saturated rings. The van der Waals surface area contributed by atoms with Crippen LogP contribution in [0.1, 0.15) is 44.4 Å². The fraction of sp³-hybridized carbons (Fsp3) is 0.324. The van der Waals surface area contributed by atoms with Crippen molar-refractivity contribution in [3.05, 3.63) is 95.1 Å². The van der Waals surface area contributed by atoms with Crippen LogP contribution in [0.5, 0.6) is 5.75 Å². The maximum atomic E-state index is 14.1. The van der Waals surface area contributed by atoms with Crippen LogP contribution in [0.15, 0.2) is 78.0 Å². The van der Waals surface area contributed by atoms with Crippen LogP contribution in [0.2, 0.25) is 0 Å². The molecule has 2 heterocycles. The Labute approximate surface area is 261 Å². The topological polar surface area (TPSA) is 151 Å². The van der Waals surface area contributed by atoms with Gasteiger partial charge in [-0.2, -0.15) is 0 Å². The second-order valence-corrected chi connectivity index (χ2v) is 11.9. The third kappa shape index (κ3) is 6.48. The van der Waals surface area contributed by atoms with Gasteiger partial charge in [0.2, 0.25) is 11.8 Å². The zero-order chi connectivity index (χ0) is 32.4. The number of aliphatic hydroxyl groups excluding tert-OH is 2. The minimum Gasteiger partial charge on any atom is -0.505 e. The van der Waals surface area contributed by atoms with Crippen LogP contribution in [0.25, 0.3) is 11.6 Å². The number of carbonyl (C=O) groups excluding carboxylic acids is 2. The van der Waals surface area contributed by atoms with E-state index < -0.39 is 61.0 Å². The number of allylic oxidation sites excluding steroid dienone is 2. The average Bonchev–Trinajstić information content (AvgIpc) is 3.29. The number of benzene rings is 2. The molecule has 0 spiro atoms. The molecule has 0 bridgehead atoms. The number of fused-ring (bicyclic) bond motifs is 1. The minimum atomic E-state index is -1.78. The van der Waals surface area contributed by atoms with E-state index in [9.17, 15) is 39.3 Å². The number of hydrogen-bond acceptors (Lipinski definition) is 8. The number of carbonyl (C=O) groups is 2. The summed E-state index contributed by atoms with van der Waals surface area (Å²) < 4.78 is 14.1. The van der Waals surface area contributed by atoms with Gasteiger partial charge in [-0.1, -0.05) is 43.7 Å². The molecule has 4 atom stereocenters. The van der Waals surface area contributed by atoms with Crippen LogP contribution in [-0.4, -0.2) is 62.0 Å². The molecule has 0 radical (unpaired) electrons. The number of imide groups is 1. The molecule has 2 aliphatic rings. The Morgan fingerprint density at radius 3 is 2.51 bits per heavy atom. The Morgan fingerprint density at radius 2 is 1.87 bits per heavy atom. The maximum Gasteiger partial charge on any atom is 0.488 e. The first-order valence-corrected chi connectivity index (χ1v) is 15.0. The Balaban J connectivity index is 1.46. The third-order valence-electron chi connectivity index (χ3n) is 8.79. The summed E-state index contributed by atoms with van der Waals surface area (Å²) in [6.45, 7) is 3.43. The van der Waals surface area contributed by atoms with Crippen LogP contribution < -0.4 is 10.4 Å². The lowest BCUT2D eigenvalue weighted by Gasteiger charge is -2.38. The van der Waals surface area contributed by atoms with Gasteiger partial charge in [-0.25, -0.2) is 4.39 Å². The monoisotopic (exact) mass is 614 g/mol. The van der Waals surface area contributed by atoms with E-state index in [1.165, 1.54) is 30.3 Å². The molecule has 1 aliphatic heterocycles. The summed E-state index contributed by atoms with van der Waals surface area (Å²) >= 11 is 0. The molecule has 11 heteroatoms. The molecule has 234 valence electrons. The number of pyridine rings is 1.